The van der Waals surface area contributed by atoms with Crippen LogP contribution in [0.25, 0.3) is 0 Å². The second-order valence-corrected chi connectivity index (χ2v) is 7.36. The molecule has 3 aromatic rings. The predicted molar refractivity (Wildman–Crippen MR) is 111 cm³/mol. The zero-order valence-electron chi connectivity index (χ0n) is 16.2. The fourth-order valence-corrected chi connectivity index (χ4v) is 3.27. The van der Waals surface area contributed by atoms with Gasteiger partial charge in [0.1, 0.15) is 11.3 Å². The number of pyridine rings is 2. The van der Waals surface area contributed by atoms with Crippen LogP contribution < -0.4 is 10.9 Å². The summed E-state index contributed by atoms with van der Waals surface area (Å²) in [6, 6.07) is 9.27. The molecule has 0 aliphatic rings. The molecule has 1 aromatic carbocycles. The number of aromatic nitrogens is 2. The van der Waals surface area contributed by atoms with E-state index in [2.05, 4.69) is 31.0 Å². The number of carbonyl (C=O) groups excluding carboxylic acids is 2. The van der Waals surface area contributed by atoms with Crippen LogP contribution in [0.4, 0.5) is 8.78 Å². The van der Waals surface area contributed by atoms with Crippen LogP contribution in [-0.4, -0.2) is 28.5 Å². The predicted octanol–water partition coefficient (Wildman–Crippen LogP) is 3.05. The van der Waals surface area contributed by atoms with Crippen molar-refractivity contribution in [3.8, 4) is 0 Å². The Bertz CT molecular complexity index is 1210. The molecule has 0 fully saturated rings. The third-order valence-corrected chi connectivity index (χ3v) is 4.73. The number of nitrogens with one attached hydrogen (secondary N) is 1. The molecule has 1 N–H and O–H groups in total. The van der Waals surface area contributed by atoms with E-state index in [0.717, 1.165) is 12.1 Å². The number of rotatable bonds is 6. The lowest BCUT2D eigenvalue weighted by molar-refractivity contribution is 0.0593. The highest BCUT2D eigenvalue weighted by atomic mass is 79.9. The number of ether oxygens (including phenoxy) is 1. The number of amides is 1. The van der Waals surface area contributed by atoms with Crippen LogP contribution in [-0.2, 0) is 17.8 Å². The highest BCUT2D eigenvalue weighted by Crippen LogP contribution is 2.14. The molecule has 31 heavy (non-hydrogen) atoms. The van der Waals surface area contributed by atoms with Gasteiger partial charge in [-0.05, 0) is 42.0 Å². The van der Waals surface area contributed by atoms with Crippen LogP contribution in [0, 0.1) is 11.6 Å². The standard InChI is InChI=1S/C21H16BrF2N3O4/c1-31-21(30)18-9-13(22)8-14(26-18)10-25-19(28)15-3-2-6-27(20(15)29)11-12-4-5-16(23)17(24)7-12/h2-9H,10-11H2,1H3,(H,25,28). The lowest BCUT2D eigenvalue weighted by atomic mass is 10.2. The fourth-order valence-electron chi connectivity index (χ4n) is 2.79. The van der Waals surface area contributed by atoms with Crippen LogP contribution in [0.2, 0.25) is 0 Å². The Labute approximate surface area is 183 Å². The van der Waals surface area contributed by atoms with E-state index in [0.29, 0.717) is 15.7 Å². The molecule has 1 amide bonds. The first-order chi connectivity index (χ1) is 14.8. The first-order valence-corrected chi connectivity index (χ1v) is 9.74. The van der Waals surface area contributed by atoms with Crippen molar-refractivity contribution in [1.82, 2.24) is 14.9 Å². The molecule has 10 heteroatoms. The minimum atomic E-state index is -1.02. The van der Waals surface area contributed by atoms with Gasteiger partial charge in [-0.1, -0.05) is 22.0 Å². The first kappa shape index (κ1) is 22.3. The van der Waals surface area contributed by atoms with Gasteiger partial charge in [0.15, 0.2) is 11.6 Å². The summed E-state index contributed by atoms with van der Waals surface area (Å²) in [5.41, 5.74) is 0.0820. The maximum atomic E-state index is 13.4. The monoisotopic (exact) mass is 491 g/mol. The SMILES string of the molecule is COC(=O)c1cc(Br)cc(CNC(=O)c2cccn(Cc3ccc(F)c(F)c3)c2=O)n1. The lowest BCUT2D eigenvalue weighted by Gasteiger charge is -2.10. The van der Waals surface area contributed by atoms with E-state index in [1.54, 1.807) is 6.07 Å². The van der Waals surface area contributed by atoms with Gasteiger partial charge in [-0.2, -0.15) is 0 Å². The normalized spacial score (nSPS) is 10.6. The van der Waals surface area contributed by atoms with Crippen molar-refractivity contribution in [2.45, 2.75) is 13.1 Å². The van der Waals surface area contributed by atoms with Crippen molar-refractivity contribution in [3.63, 3.8) is 0 Å². The molecule has 0 bridgehead atoms. The molecule has 0 radical (unpaired) electrons. The molecular weight excluding hydrogens is 476 g/mol. The van der Waals surface area contributed by atoms with E-state index in [9.17, 15) is 23.2 Å². The first-order valence-electron chi connectivity index (χ1n) is 8.95. The molecule has 160 valence electrons. The average Bonchev–Trinajstić information content (AvgIpc) is 2.75. The van der Waals surface area contributed by atoms with E-state index in [1.807, 2.05) is 0 Å². The molecule has 0 spiro atoms. The minimum Gasteiger partial charge on any atom is -0.464 e. The second-order valence-electron chi connectivity index (χ2n) is 6.44. The summed E-state index contributed by atoms with van der Waals surface area (Å²) >= 11 is 3.26. The molecule has 0 unspecified atom stereocenters. The Kier molecular flexibility index (Phi) is 6.91. The van der Waals surface area contributed by atoms with Gasteiger partial charge in [0.05, 0.1) is 25.9 Å². The van der Waals surface area contributed by atoms with Crippen molar-refractivity contribution in [1.29, 1.82) is 0 Å². The van der Waals surface area contributed by atoms with Crippen LogP contribution in [0.5, 0.6) is 0 Å². The van der Waals surface area contributed by atoms with Crippen molar-refractivity contribution in [3.05, 3.63) is 97.6 Å². The van der Waals surface area contributed by atoms with Gasteiger partial charge in [-0.25, -0.2) is 18.6 Å². The Balaban J connectivity index is 1.76. The van der Waals surface area contributed by atoms with Crippen LogP contribution >= 0.6 is 15.9 Å². The molecule has 2 aromatic heterocycles. The van der Waals surface area contributed by atoms with Gasteiger partial charge >= 0.3 is 5.97 Å². The van der Waals surface area contributed by atoms with Crippen LogP contribution in [0.1, 0.15) is 32.1 Å². The van der Waals surface area contributed by atoms with E-state index in [-0.39, 0.29) is 24.3 Å². The molecular formula is C21H16BrF2N3O4. The number of nitrogens with zero attached hydrogens (tertiary/aromatic N) is 2. The lowest BCUT2D eigenvalue weighted by Crippen LogP contribution is -2.33. The smallest absolute Gasteiger partial charge is 0.356 e. The van der Waals surface area contributed by atoms with Gasteiger partial charge in [0.2, 0.25) is 0 Å². The summed E-state index contributed by atoms with van der Waals surface area (Å²) in [7, 11) is 1.23. The second kappa shape index (κ2) is 9.61. The van der Waals surface area contributed by atoms with E-state index < -0.39 is 29.1 Å². The van der Waals surface area contributed by atoms with Crippen LogP contribution in [0.3, 0.4) is 0 Å². The molecule has 0 saturated carbocycles. The summed E-state index contributed by atoms with van der Waals surface area (Å²) < 4.78 is 32.9. The van der Waals surface area contributed by atoms with E-state index >= 15 is 0 Å². The number of carbonyl (C=O) groups is 2. The van der Waals surface area contributed by atoms with Crippen molar-refractivity contribution in [2.75, 3.05) is 7.11 Å². The highest BCUT2D eigenvalue weighted by Gasteiger charge is 2.15. The van der Waals surface area contributed by atoms with Gasteiger partial charge in [-0.3, -0.25) is 9.59 Å². The van der Waals surface area contributed by atoms with Gasteiger partial charge < -0.3 is 14.6 Å². The summed E-state index contributed by atoms with van der Waals surface area (Å²) in [5.74, 6) is -3.28. The molecule has 0 aliphatic carbocycles. The van der Waals surface area contributed by atoms with E-state index in [1.165, 1.54) is 42.1 Å². The third kappa shape index (κ3) is 5.40. The topological polar surface area (TPSA) is 90.3 Å². The zero-order chi connectivity index (χ0) is 22.5. The highest BCUT2D eigenvalue weighted by molar-refractivity contribution is 9.10. The van der Waals surface area contributed by atoms with Crippen molar-refractivity contribution in [2.24, 2.45) is 0 Å². The molecule has 0 atom stereocenters. The Morgan fingerprint density at radius 3 is 2.65 bits per heavy atom. The maximum absolute atomic E-state index is 13.4. The fraction of sp³-hybridized carbons (Fsp3) is 0.143. The molecule has 2 heterocycles. The Hall–Kier alpha value is -3.40. The van der Waals surface area contributed by atoms with Crippen molar-refractivity contribution >= 4 is 27.8 Å². The number of hydrogen-bond acceptors (Lipinski definition) is 5. The zero-order valence-corrected chi connectivity index (χ0v) is 17.8. The number of methoxy groups -OCH3 is 1. The van der Waals surface area contributed by atoms with Gasteiger partial charge in [-0.15, -0.1) is 0 Å². The number of esters is 1. The molecule has 0 saturated heterocycles. The molecule has 0 aliphatic heterocycles. The Morgan fingerprint density at radius 2 is 1.94 bits per heavy atom. The number of halogens is 3. The quantitative estimate of drug-likeness (QED) is 0.535. The largest absolute Gasteiger partial charge is 0.464 e. The minimum absolute atomic E-state index is 0.0349. The summed E-state index contributed by atoms with van der Waals surface area (Å²) in [5, 5.41) is 2.58. The van der Waals surface area contributed by atoms with Gasteiger partial charge in [0.25, 0.3) is 11.5 Å². The maximum Gasteiger partial charge on any atom is 0.356 e. The van der Waals surface area contributed by atoms with E-state index in [4.69, 9.17) is 0 Å². The third-order valence-electron chi connectivity index (χ3n) is 4.27. The van der Waals surface area contributed by atoms with Crippen molar-refractivity contribution < 1.29 is 23.1 Å². The van der Waals surface area contributed by atoms with Gasteiger partial charge in [0, 0.05) is 10.7 Å². The van der Waals surface area contributed by atoms with Crippen LogP contribution in [0.15, 0.2) is 57.9 Å². The summed E-state index contributed by atoms with van der Waals surface area (Å²) in [4.78, 5) is 41.0. The summed E-state index contributed by atoms with van der Waals surface area (Å²) in [6.07, 6.45) is 1.44. The Morgan fingerprint density at radius 1 is 1.16 bits per heavy atom. The molecule has 7 nitrogen and oxygen atoms in total. The number of hydrogen-bond donors (Lipinski definition) is 1. The molecule has 3 rings (SSSR count). The number of benzene rings is 1. The summed E-state index contributed by atoms with van der Waals surface area (Å²) in [6.45, 7) is -0.0768. The average molecular weight is 492 g/mol.